The molecule has 1 aromatic heterocycles. The molecule has 0 bridgehead atoms. The lowest BCUT2D eigenvalue weighted by atomic mass is 10.2. The van der Waals surface area contributed by atoms with Crippen LogP contribution in [0.3, 0.4) is 0 Å². The zero-order valence-electron chi connectivity index (χ0n) is 12.9. The Labute approximate surface area is 130 Å². The van der Waals surface area contributed by atoms with Crippen molar-refractivity contribution in [3.63, 3.8) is 0 Å². The van der Waals surface area contributed by atoms with Gasteiger partial charge in [0, 0.05) is 5.56 Å². The van der Waals surface area contributed by atoms with E-state index in [1.807, 2.05) is 31.3 Å². The van der Waals surface area contributed by atoms with Gasteiger partial charge in [-0.05, 0) is 44.2 Å². The first-order valence-electron chi connectivity index (χ1n) is 7.52. The molecular weight excluding hydrogens is 282 g/mol. The fraction of sp³-hybridized carbons (Fsp3) is 0.500. The Hall–Kier alpha value is -1.46. The molecule has 0 saturated carbocycles. The van der Waals surface area contributed by atoms with E-state index in [9.17, 15) is 0 Å². The van der Waals surface area contributed by atoms with Crippen LogP contribution in [0.4, 0.5) is 0 Å². The zero-order chi connectivity index (χ0) is 15.1. The molecule has 1 N–H and O–H groups in total. The molecule has 2 rings (SSSR count). The Kier molecular flexibility index (Phi) is 6.14. The van der Waals surface area contributed by atoms with Gasteiger partial charge in [0.15, 0.2) is 0 Å². The van der Waals surface area contributed by atoms with Crippen molar-refractivity contribution in [2.75, 3.05) is 13.7 Å². The Bertz CT molecular complexity index is 535. The fourth-order valence-corrected chi connectivity index (χ4v) is 3.06. The third-order valence-electron chi connectivity index (χ3n) is 3.36. The molecule has 4 nitrogen and oxygen atoms in total. The van der Waals surface area contributed by atoms with E-state index in [4.69, 9.17) is 4.74 Å². The molecule has 0 amide bonds. The van der Waals surface area contributed by atoms with Crippen LogP contribution in [-0.4, -0.2) is 23.9 Å². The average Bonchev–Trinajstić information content (AvgIpc) is 2.99. The number of hydrogen-bond acceptors (Lipinski definition) is 5. The van der Waals surface area contributed by atoms with Crippen LogP contribution >= 0.6 is 11.3 Å². The number of hydrogen-bond donors (Lipinski definition) is 1. The Morgan fingerprint density at radius 2 is 1.95 bits per heavy atom. The number of aromatic nitrogens is 2. The van der Waals surface area contributed by atoms with Gasteiger partial charge < -0.3 is 10.1 Å². The van der Waals surface area contributed by atoms with E-state index in [0.717, 1.165) is 47.2 Å². The molecule has 114 valence electrons. The minimum absolute atomic E-state index is 0.285. The molecule has 5 heteroatoms. The van der Waals surface area contributed by atoms with E-state index in [-0.39, 0.29) is 6.04 Å². The second-order valence-electron chi connectivity index (χ2n) is 4.92. The summed E-state index contributed by atoms with van der Waals surface area (Å²) >= 11 is 1.65. The first-order valence-corrected chi connectivity index (χ1v) is 8.34. The normalized spacial score (nSPS) is 12.3. The molecule has 1 atom stereocenters. The summed E-state index contributed by atoms with van der Waals surface area (Å²) in [5, 5.41) is 13.8. The number of unbranched alkanes of at least 4 members (excludes halogenated alkanes) is 1. The molecule has 0 saturated heterocycles. The van der Waals surface area contributed by atoms with Gasteiger partial charge in [0.25, 0.3) is 0 Å². The maximum Gasteiger partial charge on any atom is 0.147 e. The Morgan fingerprint density at radius 1 is 1.19 bits per heavy atom. The molecular formula is C16H23N3OS. The maximum absolute atomic E-state index is 5.67. The van der Waals surface area contributed by atoms with E-state index in [2.05, 4.69) is 29.4 Å². The number of rotatable bonds is 8. The van der Waals surface area contributed by atoms with Gasteiger partial charge in [-0.3, -0.25) is 0 Å². The molecule has 0 fully saturated rings. The molecule has 1 unspecified atom stereocenters. The predicted octanol–water partition coefficient (Wildman–Crippen LogP) is 4.05. The van der Waals surface area contributed by atoms with Gasteiger partial charge in [-0.25, -0.2) is 0 Å². The van der Waals surface area contributed by atoms with Crippen molar-refractivity contribution in [3.8, 4) is 16.3 Å². The summed E-state index contributed by atoms with van der Waals surface area (Å²) in [6, 6.07) is 8.38. The van der Waals surface area contributed by atoms with E-state index in [0.29, 0.717) is 0 Å². The van der Waals surface area contributed by atoms with Crippen LogP contribution in [0.15, 0.2) is 24.3 Å². The minimum atomic E-state index is 0.285. The van der Waals surface area contributed by atoms with Gasteiger partial charge in [0.05, 0.1) is 12.6 Å². The van der Waals surface area contributed by atoms with Crippen molar-refractivity contribution < 1.29 is 4.74 Å². The van der Waals surface area contributed by atoms with Crippen LogP contribution in [0.5, 0.6) is 5.75 Å². The highest BCUT2D eigenvalue weighted by atomic mass is 32.1. The van der Waals surface area contributed by atoms with Crippen LogP contribution in [0.2, 0.25) is 0 Å². The second kappa shape index (κ2) is 8.10. The highest BCUT2D eigenvalue weighted by molar-refractivity contribution is 7.14. The minimum Gasteiger partial charge on any atom is -0.494 e. The van der Waals surface area contributed by atoms with Crippen molar-refractivity contribution >= 4 is 11.3 Å². The summed E-state index contributed by atoms with van der Waals surface area (Å²) in [6.07, 6.45) is 3.25. The predicted molar refractivity (Wildman–Crippen MR) is 87.8 cm³/mol. The smallest absolute Gasteiger partial charge is 0.147 e. The van der Waals surface area contributed by atoms with Crippen LogP contribution in [0, 0.1) is 0 Å². The first kappa shape index (κ1) is 15.9. The standard InChI is InChI=1S/C16H23N3OS/c1-4-6-11-20-13-9-7-12(8-10-13)15-18-19-16(21-15)14(5-2)17-3/h7-10,14,17H,4-6,11H2,1-3H3. The van der Waals surface area contributed by atoms with Crippen LogP contribution in [0.25, 0.3) is 10.6 Å². The van der Waals surface area contributed by atoms with Crippen LogP contribution in [0.1, 0.15) is 44.2 Å². The van der Waals surface area contributed by atoms with Crippen LogP contribution < -0.4 is 10.1 Å². The van der Waals surface area contributed by atoms with Gasteiger partial charge in [-0.2, -0.15) is 0 Å². The Balaban J connectivity index is 2.05. The molecule has 1 heterocycles. The molecule has 0 aliphatic carbocycles. The third kappa shape index (κ3) is 4.25. The molecule has 1 aromatic carbocycles. The zero-order valence-corrected chi connectivity index (χ0v) is 13.7. The van der Waals surface area contributed by atoms with Crippen molar-refractivity contribution in [1.29, 1.82) is 0 Å². The molecule has 21 heavy (non-hydrogen) atoms. The van der Waals surface area contributed by atoms with Crippen molar-refractivity contribution in [2.45, 2.75) is 39.2 Å². The monoisotopic (exact) mass is 305 g/mol. The molecule has 2 aromatic rings. The molecule has 0 radical (unpaired) electrons. The lowest BCUT2D eigenvalue weighted by Gasteiger charge is -2.08. The van der Waals surface area contributed by atoms with E-state index in [1.54, 1.807) is 11.3 Å². The van der Waals surface area contributed by atoms with E-state index in [1.165, 1.54) is 0 Å². The quantitative estimate of drug-likeness (QED) is 0.747. The number of nitrogens with one attached hydrogen (secondary N) is 1. The lowest BCUT2D eigenvalue weighted by molar-refractivity contribution is 0.309. The maximum atomic E-state index is 5.67. The lowest BCUT2D eigenvalue weighted by Crippen LogP contribution is -2.14. The SMILES string of the molecule is CCCCOc1ccc(-c2nnc(C(CC)NC)s2)cc1. The summed E-state index contributed by atoms with van der Waals surface area (Å²) in [5.74, 6) is 0.915. The number of nitrogens with zero attached hydrogens (tertiary/aromatic N) is 2. The summed E-state index contributed by atoms with van der Waals surface area (Å²) in [6.45, 7) is 5.08. The van der Waals surface area contributed by atoms with Crippen molar-refractivity contribution in [3.05, 3.63) is 29.3 Å². The van der Waals surface area contributed by atoms with Gasteiger partial charge in [-0.15, -0.1) is 10.2 Å². The molecule has 0 aliphatic heterocycles. The molecule has 0 aliphatic rings. The third-order valence-corrected chi connectivity index (χ3v) is 4.45. The number of ether oxygens (including phenoxy) is 1. The summed E-state index contributed by atoms with van der Waals surface area (Å²) < 4.78 is 5.67. The number of benzene rings is 1. The highest BCUT2D eigenvalue weighted by Gasteiger charge is 2.13. The Morgan fingerprint density at radius 3 is 2.57 bits per heavy atom. The van der Waals surface area contributed by atoms with Gasteiger partial charge in [0.1, 0.15) is 15.8 Å². The van der Waals surface area contributed by atoms with Gasteiger partial charge in [0.2, 0.25) is 0 Å². The van der Waals surface area contributed by atoms with Crippen molar-refractivity contribution in [2.24, 2.45) is 0 Å². The summed E-state index contributed by atoms with van der Waals surface area (Å²) in [5.41, 5.74) is 1.09. The second-order valence-corrected chi connectivity index (χ2v) is 5.93. The highest BCUT2D eigenvalue weighted by Crippen LogP contribution is 2.29. The largest absolute Gasteiger partial charge is 0.494 e. The molecule has 0 spiro atoms. The topological polar surface area (TPSA) is 47.0 Å². The van der Waals surface area contributed by atoms with Gasteiger partial charge >= 0.3 is 0 Å². The summed E-state index contributed by atoms with van der Waals surface area (Å²) in [4.78, 5) is 0. The van der Waals surface area contributed by atoms with E-state index < -0.39 is 0 Å². The average molecular weight is 305 g/mol. The van der Waals surface area contributed by atoms with E-state index >= 15 is 0 Å². The first-order chi connectivity index (χ1) is 10.3. The fourth-order valence-electron chi connectivity index (χ4n) is 2.02. The summed E-state index contributed by atoms with van der Waals surface area (Å²) in [7, 11) is 1.96. The van der Waals surface area contributed by atoms with Crippen LogP contribution in [-0.2, 0) is 0 Å². The van der Waals surface area contributed by atoms with Gasteiger partial charge in [-0.1, -0.05) is 31.6 Å². The van der Waals surface area contributed by atoms with Crippen molar-refractivity contribution in [1.82, 2.24) is 15.5 Å².